The Morgan fingerprint density at radius 3 is 2.27 bits per heavy atom. The zero-order valence-corrected chi connectivity index (χ0v) is 26.4. The maximum absolute atomic E-state index is 14.3. The smallest absolute Gasteiger partial charge is 0.327 e. The number of hydrogen-bond donors (Lipinski definition) is 1. The Morgan fingerprint density at radius 2 is 1.60 bits per heavy atom. The van der Waals surface area contributed by atoms with Crippen LogP contribution in [0.4, 0.5) is 0 Å². The van der Waals surface area contributed by atoms with Crippen LogP contribution in [-0.4, -0.2) is 46.9 Å². The van der Waals surface area contributed by atoms with Crippen molar-refractivity contribution >= 4 is 40.7 Å². The number of nitrogens with one attached hydrogen (secondary N) is 1. The molecule has 0 unspecified atom stereocenters. The molecule has 1 saturated carbocycles. The van der Waals surface area contributed by atoms with E-state index >= 15 is 0 Å². The average Bonchev–Trinajstić information content (AvgIpc) is 3.78. The molecule has 3 aromatic rings. The van der Waals surface area contributed by atoms with Gasteiger partial charge in [0.2, 0.25) is 11.8 Å². The second kappa shape index (κ2) is 10.6. The van der Waals surface area contributed by atoms with E-state index in [9.17, 15) is 24.0 Å². The van der Waals surface area contributed by atoms with Crippen molar-refractivity contribution in [3.05, 3.63) is 93.2 Å². The number of carbonyl (C=O) groups is 5. The standard InChI is InChI=1S/C36H36N2O6S/c1-34(2)18-26(39)35(27(40)19-34)16-23-12-11-22(14-24(23)17-35)20-38-31(41)28-29(32(38)42)36(33(43)44-3,15-21-8-5-4-6-9-21)37-30(28)25-10-7-13-45-25/h4-14,28-30,37H,15-20H2,1-3H3/t28-,29-,30-,36-/m0/s1. The summed E-state index contributed by atoms with van der Waals surface area (Å²) < 4.78 is 5.32. The SMILES string of the molecule is COC(=O)[C@@]1(Cc2ccccc2)N[C@@H](c2cccs2)[C@H]2C(=O)N(Cc3ccc4c(c3)CC3(C4)C(=O)CC(C)(C)CC3=O)C(=O)[C@H]21. The lowest BCUT2D eigenvalue weighted by Crippen LogP contribution is -2.57. The number of carbonyl (C=O) groups excluding carboxylic acids is 5. The number of Topliss-reactive ketones (excluding diaryl/α,β-unsaturated/α-hetero) is 2. The second-order valence-corrected chi connectivity index (χ2v) is 14.9. The van der Waals surface area contributed by atoms with Crippen LogP contribution in [0.25, 0.3) is 0 Å². The summed E-state index contributed by atoms with van der Waals surface area (Å²) in [6.45, 7) is 3.96. The third-order valence-corrected chi connectivity index (χ3v) is 11.4. The maximum Gasteiger partial charge on any atom is 0.327 e. The highest BCUT2D eigenvalue weighted by Gasteiger charge is 2.68. The van der Waals surface area contributed by atoms with Gasteiger partial charge in [-0.3, -0.25) is 34.2 Å². The number of nitrogens with zero attached hydrogens (tertiary/aromatic N) is 1. The molecular weight excluding hydrogens is 588 g/mol. The zero-order valence-electron chi connectivity index (χ0n) is 25.6. The fourth-order valence-electron chi connectivity index (χ4n) is 8.28. The Balaban J connectivity index is 1.21. The van der Waals surface area contributed by atoms with Crippen LogP contribution in [0.2, 0.25) is 0 Å². The van der Waals surface area contributed by atoms with E-state index in [1.54, 1.807) is 0 Å². The van der Waals surface area contributed by atoms with Gasteiger partial charge in [0.15, 0.2) is 0 Å². The fourth-order valence-corrected chi connectivity index (χ4v) is 9.11. The number of rotatable bonds is 6. The number of thiophene rings is 1. The van der Waals surface area contributed by atoms with Crippen molar-refractivity contribution in [1.82, 2.24) is 10.2 Å². The number of ether oxygens (including phenoxy) is 1. The van der Waals surface area contributed by atoms with Gasteiger partial charge in [0.05, 0.1) is 36.9 Å². The number of imide groups is 1. The van der Waals surface area contributed by atoms with E-state index in [2.05, 4.69) is 5.32 Å². The molecule has 2 aromatic carbocycles. The zero-order chi connectivity index (χ0) is 31.7. The predicted octanol–water partition coefficient (Wildman–Crippen LogP) is 4.39. The van der Waals surface area contributed by atoms with Gasteiger partial charge in [-0.15, -0.1) is 11.3 Å². The second-order valence-electron chi connectivity index (χ2n) is 13.9. The van der Waals surface area contributed by atoms with Crippen LogP contribution in [0.15, 0.2) is 66.0 Å². The van der Waals surface area contributed by atoms with Crippen molar-refractivity contribution in [3.8, 4) is 0 Å². The van der Waals surface area contributed by atoms with Gasteiger partial charge in [-0.25, -0.2) is 0 Å². The van der Waals surface area contributed by atoms with Crippen molar-refractivity contribution in [2.45, 2.75) is 64.1 Å². The first kappa shape index (κ1) is 29.7. The van der Waals surface area contributed by atoms with Crippen LogP contribution in [0.5, 0.6) is 0 Å². The van der Waals surface area contributed by atoms with Gasteiger partial charge in [0, 0.05) is 24.1 Å². The minimum Gasteiger partial charge on any atom is -0.468 e. The van der Waals surface area contributed by atoms with Crippen molar-refractivity contribution in [1.29, 1.82) is 0 Å². The van der Waals surface area contributed by atoms with Gasteiger partial charge in [-0.1, -0.05) is 68.4 Å². The molecule has 1 N–H and O–H groups in total. The van der Waals surface area contributed by atoms with Crippen molar-refractivity contribution in [2.24, 2.45) is 22.7 Å². The van der Waals surface area contributed by atoms with E-state index in [-0.39, 0.29) is 35.9 Å². The molecule has 9 heteroatoms. The highest BCUT2D eigenvalue weighted by Crippen LogP contribution is 2.52. The third kappa shape index (κ3) is 4.62. The van der Waals surface area contributed by atoms with Crippen LogP contribution >= 0.6 is 11.3 Å². The number of fused-ring (bicyclic) bond motifs is 2. The largest absolute Gasteiger partial charge is 0.468 e. The molecule has 2 aliphatic heterocycles. The molecule has 2 amide bonds. The topological polar surface area (TPSA) is 110 Å². The van der Waals surface area contributed by atoms with Crippen LogP contribution in [0.1, 0.15) is 59.9 Å². The van der Waals surface area contributed by atoms with Gasteiger partial charge in [0.25, 0.3) is 0 Å². The predicted molar refractivity (Wildman–Crippen MR) is 167 cm³/mol. The number of esters is 1. The molecule has 2 aliphatic carbocycles. The van der Waals surface area contributed by atoms with Crippen LogP contribution in [0, 0.1) is 22.7 Å². The summed E-state index contributed by atoms with van der Waals surface area (Å²) in [6.07, 6.45) is 1.70. The number of amides is 2. The lowest BCUT2D eigenvalue weighted by molar-refractivity contribution is -0.154. The minimum atomic E-state index is -1.43. The molecule has 232 valence electrons. The summed E-state index contributed by atoms with van der Waals surface area (Å²) >= 11 is 1.48. The Bertz CT molecular complexity index is 1710. The molecule has 4 aliphatic rings. The molecule has 2 saturated heterocycles. The summed E-state index contributed by atoms with van der Waals surface area (Å²) in [6, 6.07) is 18.5. The highest BCUT2D eigenvalue weighted by molar-refractivity contribution is 7.10. The molecule has 0 bridgehead atoms. The summed E-state index contributed by atoms with van der Waals surface area (Å²) in [4.78, 5) is 71.0. The summed E-state index contributed by atoms with van der Waals surface area (Å²) in [5.74, 6) is -3.04. The van der Waals surface area contributed by atoms with Crippen LogP contribution in [0.3, 0.4) is 0 Å². The Kier molecular flexibility index (Phi) is 6.98. The van der Waals surface area contributed by atoms with Gasteiger partial charge >= 0.3 is 5.97 Å². The van der Waals surface area contributed by atoms with Gasteiger partial charge in [-0.05, 0) is 52.0 Å². The number of ketones is 2. The molecule has 45 heavy (non-hydrogen) atoms. The molecule has 8 nitrogen and oxygen atoms in total. The molecular formula is C36H36N2O6S. The van der Waals surface area contributed by atoms with E-state index in [0.717, 1.165) is 27.1 Å². The molecule has 1 aromatic heterocycles. The quantitative estimate of drug-likeness (QED) is 0.246. The van der Waals surface area contributed by atoms with E-state index in [1.807, 2.05) is 79.9 Å². The van der Waals surface area contributed by atoms with E-state index in [1.165, 1.54) is 23.3 Å². The Morgan fingerprint density at radius 1 is 0.889 bits per heavy atom. The Hall–Kier alpha value is -3.95. The maximum atomic E-state index is 14.3. The number of methoxy groups -OCH3 is 1. The van der Waals surface area contributed by atoms with Gasteiger partial charge in [0.1, 0.15) is 17.1 Å². The van der Waals surface area contributed by atoms with E-state index in [4.69, 9.17) is 4.74 Å². The molecule has 1 spiro atoms. The minimum absolute atomic E-state index is 0.00362. The van der Waals surface area contributed by atoms with Crippen molar-refractivity contribution < 1.29 is 28.7 Å². The van der Waals surface area contributed by atoms with Gasteiger partial charge < -0.3 is 4.74 Å². The van der Waals surface area contributed by atoms with Gasteiger partial charge in [-0.2, -0.15) is 0 Å². The average molecular weight is 625 g/mol. The van der Waals surface area contributed by atoms with Crippen LogP contribution < -0.4 is 5.32 Å². The fraction of sp³-hybridized carbons (Fsp3) is 0.417. The highest BCUT2D eigenvalue weighted by atomic mass is 32.1. The van der Waals surface area contributed by atoms with E-state index in [0.29, 0.717) is 25.7 Å². The number of hydrogen-bond acceptors (Lipinski definition) is 8. The summed E-state index contributed by atoms with van der Waals surface area (Å²) in [5.41, 5.74) is 0.702. The molecule has 7 rings (SSSR count). The summed E-state index contributed by atoms with van der Waals surface area (Å²) in [5, 5.41) is 5.36. The first-order chi connectivity index (χ1) is 21.5. The molecule has 4 atom stereocenters. The molecule has 3 heterocycles. The van der Waals surface area contributed by atoms with Crippen molar-refractivity contribution in [3.63, 3.8) is 0 Å². The first-order valence-electron chi connectivity index (χ1n) is 15.4. The monoisotopic (exact) mass is 624 g/mol. The first-order valence-corrected chi connectivity index (χ1v) is 16.3. The lowest BCUT2D eigenvalue weighted by Gasteiger charge is -2.38. The van der Waals surface area contributed by atoms with E-state index < -0.39 is 40.7 Å². The normalized spacial score (nSPS) is 28.1. The van der Waals surface area contributed by atoms with Crippen LogP contribution in [-0.2, 0) is 54.5 Å². The third-order valence-electron chi connectivity index (χ3n) is 10.4. The molecule has 0 radical (unpaired) electrons. The van der Waals surface area contributed by atoms with Crippen molar-refractivity contribution in [2.75, 3.05) is 7.11 Å². The lowest BCUT2D eigenvalue weighted by atomic mass is 9.62. The molecule has 3 fully saturated rings. The number of likely N-dealkylation sites (tertiary alicyclic amines) is 1. The number of benzene rings is 2. The Labute approximate surface area is 266 Å². The summed E-state index contributed by atoms with van der Waals surface area (Å²) in [7, 11) is 1.31.